The summed E-state index contributed by atoms with van der Waals surface area (Å²) >= 11 is 0. The molecule has 3 fully saturated rings. The van der Waals surface area contributed by atoms with E-state index in [0.29, 0.717) is 58.7 Å². The van der Waals surface area contributed by atoms with E-state index in [2.05, 4.69) is 48.1 Å². The van der Waals surface area contributed by atoms with Crippen molar-refractivity contribution in [2.45, 2.75) is 88.8 Å². The maximum absolute atomic E-state index is 12.7. The van der Waals surface area contributed by atoms with Gasteiger partial charge in [0.15, 0.2) is 0 Å². The Morgan fingerprint density at radius 2 is 1.65 bits per heavy atom. The van der Waals surface area contributed by atoms with Gasteiger partial charge < -0.3 is 54.5 Å². The minimum absolute atomic E-state index is 0.0134. The topological polar surface area (TPSA) is 195 Å². The fourth-order valence-electron chi connectivity index (χ4n) is 6.15. The number of ether oxygens (including phenoxy) is 6. The van der Waals surface area contributed by atoms with Crippen LogP contribution in [0.25, 0.3) is 0 Å². The highest BCUT2D eigenvalue weighted by atomic mass is 16.6. The molecule has 0 aromatic rings. The Hall–Kier alpha value is -2.95. The average Bonchev–Trinajstić information content (AvgIpc) is 3.98. The van der Waals surface area contributed by atoms with Crippen LogP contribution in [0.5, 0.6) is 0 Å². The van der Waals surface area contributed by atoms with Crippen molar-refractivity contribution in [3.63, 3.8) is 0 Å². The minimum Gasteiger partial charge on any atom is -0.460 e. The zero-order valence-electron chi connectivity index (χ0n) is 28.8. The summed E-state index contributed by atoms with van der Waals surface area (Å²) in [5.74, 6) is -1.34. The zero-order valence-corrected chi connectivity index (χ0v) is 28.8. The summed E-state index contributed by atoms with van der Waals surface area (Å²) in [6, 6.07) is 0. The van der Waals surface area contributed by atoms with Crippen molar-refractivity contribution in [1.29, 1.82) is 0 Å². The second kappa shape index (κ2) is 19.9. The van der Waals surface area contributed by atoms with E-state index in [-0.39, 0.29) is 86.3 Å². The van der Waals surface area contributed by atoms with Gasteiger partial charge in [-0.05, 0) is 46.5 Å². The van der Waals surface area contributed by atoms with Gasteiger partial charge >= 0.3 is 5.97 Å². The first kappa shape index (κ1) is 39.5. The molecular formula is C33H54N4O11. The second-order valence-electron chi connectivity index (χ2n) is 12.8. The number of esters is 1. The lowest BCUT2D eigenvalue weighted by Crippen LogP contribution is -2.55. The normalized spacial score (nSPS) is 27.1. The molecule has 3 unspecified atom stereocenters. The summed E-state index contributed by atoms with van der Waals surface area (Å²) in [6.45, 7) is 8.62. The van der Waals surface area contributed by atoms with Gasteiger partial charge in [0.1, 0.15) is 29.7 Å². The van der Waals surface area contributed by atoms with Crippen molar-refractivity contribution in [2.75, 3.05) is 72.9 Å². The van der Waals surface area contributed by atoms with Crippen molar-refractivity contribution < 1.29 is 52.4 Å². The first-order valence-corrected chi connectivity index (χ1v) is 16.8. The zero-order chi connectivity index (χ0) is 35.0. The molecule has 3 rings (SSSR count). The third-order valence-electron chi connectivity index (χ3n) is 8.77. The van der Waals surface area contributed by atoms with Crippen LogP contribution in [0.3, 0.4) is 0 Å². The molecule has 4 N–H and O–H groups in total. The largest absolute Gasteiger partial charge is 0.460 e. The Morgan fingerprint density at radius 1 is 0.917 bits per heavy atom. The van der Waals surface area contributed by atoms with Crippen LogP contribution in [0.15, 0.2) is 11.6 Å². The van der Waals surface area contributed by atoms with Gasteiger partial charge in [0.05, 0.1) is 58.1 Å². The van der Waals surface area contributed by atoms with Gasteiger partial charge in [-0.1, -0.05) is 11.6 Å². The van der Waals surface area contributed by atoms with E-state index in [1.54, 1.807) is 7.11 Å². The molecule has 0 aromatic carbocycles. The van der Waals surface area contributed by atoms with E-state index >= 15 is 0 Å². The lowest BCUT2D eigenvalue weighted by molar-refractivity contribution is -0.172. The van der Waals surface area contributed by atoms with Gasteiger partial charge in [0.2, 0.25) is 17.7 Å². The van der Waals surface area contributed by atoms with Crippen LogP contribution in [0.1, 0.15) is 59.3 Å². The van der Waals surface area contributed by atoms with Crippen LogP contribution in [-0.4, -0.2) is 132 Å². The molecule has 15 heteroatoms. The number of carbonyl (C=O) groups excluding carboxylic acids is 5. The monoisotopic (exact) mass is 682 g/mol. The fraction of sp³-hybridized carbons (Fsp3) is 0.788. The summed E-state index contributed by atoms with van der Waals surface area (Å²) in [5.41, 5.74) is 0.615. The Kier molecular flexibility index (Phi) is 16.4. The molecule has 6 atom stereocenters. The van der Waals surface area contributed by atoms with E-state index in [1.807, 2.05) is 0 Å². The standard InChI is InChI=1S/C33H54N4O11/c1-23(2)7-8-25-32(3,48-25)31-30(43-4)24(9-11-33(31)22-46-33)47-29(42)6-5-16-44-18-19-45-17-14-36-26(39)10-12-34-20-27(40)37-21-28(41)35-13-15-38/h7,15,24-25,30-31,34H,5-6,8-14,16-22H2,1-4H3,(H,35,41)(H,36,39)(H,37,40)/t24?,25-,30?,31?,32-,33+/m1/s1. The van der Waals surface area contributed by atoms with Gasteiger partial charge in [0, 0.05) is 39.6 Å². The number of amides is 3. The summed E-state index contributed by atoms with van der Waals surface area (Å²) in [5, 5.41) is 10.3. The van der Waals surface area contributed by atoms with E-state index < -0.39 is 11.8 Å². The lowest BCUT2D eigenvalue weighted by Gasteiger charge is -2.42. The van der Waals surface area contributed by atoms with Crippen molar-refractivity contribution in [1.82, 2.24) is 21.3 Å². The van der Waals surface area contributed by atoms with Crippen molar-refractivity contribution >= 4 is 30.0 Å². The molecule has 3 aliphatic rings. The Bertz CT molecular complexity index is 1110. The third kappa shape index (κ3) is 12.8. The smallest absolute Gasteiger partial charge is 0.306 e. The van der Waals surface area contributed by atoms with Crippen molar-refractivity contribution in [3.05, 3.63) is 11.6 Å². The molecule has 48 heavy (non-hydrogen) atoms. The number of hydrogen-bond donors (Lipinski definition) is 4. The second-order valence-corrected chi connectivity index (χ2v) is 12.8. The molecule has 0 aromatic heterocycles. The maximum atomic E-state index is 12.7. The van der Waals surface area contributed by atoms with Crippen molar-refractivity contribution in [2.24, 2.45) is 5.92 Å². The molecule has 1 aliphatic carbocycles. The van der Waals surface area contributed by atoms with Crippen molar-refractivity contribution in [3.8, 4) is 0 Å². The Balaban J connectivity index is 1.18. The van der Waals surface area contributed by atoms with Crippen LogP contribution in [0.2, 0.25) is 0 Å². The molecule has 272 valence electrons. The fourth-order valence-corrected chi connectivity index (χ4v) is 6.15. The van der Waals surface area contributed by atoms with Crippen LogP contribution in [-0.2, 0) is 52.4 Å². The Labute approximate surface area is 282 Å². The summed E-state index contributed by atoms with van der Waals surface area (Å²) in [4.78, 5) is 57.8. The minimum atomic E-state index is -0.462. The number of carbonyl (C=O) groups is 5. The van der Waals surface area contributed by atoms with Gasteiger partial charge in [-0.25, -0.2) is 0 Å². The van der Waals surface area contributed by atoms with Crippen LogP contribution < -0.4 is 21.3 Å². The molecule has 1 spiro atoms. The van der Waals surface area contributed by atoms with Gasteiger partial charge in [-0.3, -0.25) is 19.2 Å². The first-order chi connectivity index (χ1) is 23.0. The summed E-state index contributed by atoms with van der Waals surface area (Å²) in [7, 11) is 1.66. The predicted molar refractivity (Wildman–Crippen MR) is 173 cm³/mol. The molecule has 2 heterocycles. The quantitative estimate of drug-likeness (QED) is 0.0349. The number of aldehydes is 1. The van der Waals surface area contributed by atoms with E-state index in [0.717, 1.165) is 12.8 Å². The van der Waals surface area contributed by atoms with E-state index in [9.17, 15) is 24.0 Å². The van der Waals surface area contributed by atoms with E-state index in [1.165, 1.54) is 5.57 Å². The molecule has 2 saturated heterocycles. The SMILES string of the molecule is COC1C(OC(=O)CCCOCCOCCNC(=O)CCNCC(=O)NCC(=O)NCC=O)CC[C@]2(CO2)C1[C@]1(C)O[C@@H]1CC=C(C)C. The summed E-state index contributed by atoms with van der Waals surface area (Å²) < 4.78 is 35.1. The number of nitrogens with one attached hydrogen (secondary N) is 4. The van der Waals surface area contributed by atoms with Crippen LogP contribution in [0, 0.1) is 5.92 Å². The van der Waals surface area contributed by atoms with Crippen LogP contribution in [0.4, 0.5) is 0 Å². The van der Waals surface area contributed by atoms with Gasteiger partial charge in [-0.15, -0.1) is 0 Å². The highest BCUT2D eigenvalue weighted by Crippen LogP contribution is 2.59. The average molecular weight is 683 g/mol. The summed E-state index contributed by atoms with van der Waals surface area (Å²) in [6.07, 6.45) is 5.45. The highest BCUT2D eigenvalue weighted by Gasteiger charge is 2.72. The molecule has 3 amide bonds. The highest BCUT2D eigenvalue weighted by molar-refractivity contribution is 5.86. The molecular weight excluding hydrogens is 628 g/mol. The van der Waals surface area contributed by atoms with Gasteiger partial charge in [0.25, 0.3) is 0 Å². The number of rotatable bonds is 24. The van der Waals surface area contributed by atoms with Crippen LogP contribution >= 0.6 is 0 Å². The molecule has 1 saturated carbocycles. The lowest BCUT2D eigenvalue weighted by atomic mass is 9.68. The predicted octanol–water partition coefficient (Wildman–Crippen LogP) is -0.0534. The number of epoxide rings is 2. The molecule has 0 bridgehead atoms. The Morgan fingerprint density at radius 3 is 2.33 bits per heavy atom. The molecule has 0 radical (unpaired) electrons. The third-order valence-corrected chi connectivity index (χ3v) is 8.77. The van der Waals surface area contributed by atoms with E-state index in [4.69, 9.17) is 28.4 Å². The van der Waals surface area contributed by atoms with Gasteiger partial charge in [-0.2, -0.15) is 0 Å². The first-order valence-electron chi connectivity index (χ1n) is 16.8. The number of allylic oxidation sites excluding steroid dienone is 1. The molecule has 15 nitrogen and oxygen atoms in total. The maximum Gasteiger partial charge on any atom is 0.306 e. The number of methoxy groups -OCH3 is 1. The number of hydrogen-bond acceptors (Lipinski definition) is 12. The molecule has 2 aliphatic heterocycles.